The fourth-order valence-electron chi connectivity index (χ4n) is 1.67. The summed E-state index contributed by atoms with van der Waals surface area (Å²) in [5, 5.41) is 13.7. The van der Waals surface area contributed by atoms with Crippen molar-refractivity contribution in [1.82, 2.24) is 0 Å². The van der Waals surface area contributed by atoms with Crippen LogP contribution in [0.15, 0.2) is 40.9 Å². The molecule has 0 aliphatic heterocycles. The molecule has 2 aromatic rings. The van der Waals surface area contributed by atoms with Gasteiger partial charge in [-0.15, -0.1) is 0 Å². The Kier molecular flexibility index (Phi) is 4.56. The van der Waals surface area contributed by atoms with Crippen molar-refractivity contribution in [2.45, 2.75) is 6.54 Å². The number of methoxy groups -OCH3 is 1. The van der Waals surface area contributed by atoms with E-state index in [1.807, 2.05) is 24.3 Å². The van der Waals surface area contributed by atoms with Gasteiger partial charge in [0.2, 0.25) is 0 Å². The Bertz CT molecular complexity index is 590. The molecule has 0 saturated heterocycles. The van der Waals surface area contributed by atoms with Gasteiger partial charge in [0.25, 0.3) is 0 Å². The van der Waals surface area contributed by atoms with Crippen molar-refractivity contribution in [3.05, 3.63) is 51.5 Å². The summed E-state index contributed by atoms with van der Waals surface area (Å²) < 4.78 is 5.83. The fourth-order valence-corrected chi connectivity index (χ4v) is 2.27. The quantitative estimate of drug-likeness (QED) is 0.863. The third-order valence-electron chi connectivity index (χ3n) is 2.70. The number of hydrogen-bond acceptors (Lipinski definition) is 3. The molecule has 0 aliphatic rings. The van der Waals surface area contributed by atoms with E-state index in [0.717, 1.165) is 11.3 Å². The van der Waals surface area contributed by atoms with Gasteiger partial charge in [-0.1, -0.05) is 23.7 Å². The van der Waals surface area contributed by atoms with Gasteiger partial charge in [-0.05, 0) is 34.1 Å². The molecule has 19 heavy (non-hydrogen) atoms. The van der Waals surface area contributed by atoms with Crippen molar-refractivity contribution in [1.29, 1.82) is 0 Å². The molecule has 2 aromatic carbocycles. The van der Waals surface area contributed by atoms with Gasteiger partial charge in [0.15, 0.2) is 0 Å². The number of rotatable bonds is 4. The summed E-state index contributed by atoms with van der Waals surface area (Å²) in [5.74, 6) is 0.862. The molecule has 0 saturated carbocycles. The van der Waals surface area contributed by atoms with Crippen molar-refractivity contribution in [2.24, 2.45) is 0 Å². The zero-order valence-corrected chi connectivity index (χ0v) is 12.6. The highest BCUT2D eigenvalue weighted by molar-refractivity contribution is 9.10. The summed E-state index contributed by atoms with van der Waals surface area (Å²) in [6.07, 6.45) is 0. The molecule has 0 aliphatic carbocycles. The van der Waals surface area contributed by atoms with Crippen molar-refractivity contribution in [2.75, 3.05) is 12.4 Å². The van der Waals surface area contributed by atoms with E-state index < -0.39 is 0 Å². The van der Waals surface area contributed by atoms with Crippen LogP contribution in [0.25, 0.3) is 0 Å². The molecule has 0 amide bonds. The average molecular weight is 343 g/mol. The number of nitrogens with one attached hydrogen (secondary N) is 1. The number of para-hydroxylation sites is 1. The summed E-state index contributed by atoms with van der Waals surface area (Å²) in [5.41, 5.74) is 1.68. The predicted molar refractivity (Wildman–Crippen MR) is 81.1 cm³/mol. The van der Waals surface area contributed by atoms with Crippen LogP contribution in [0.4, 0.5) is 5.69 Å². The zero-order valence-electron chi connectivity index (χ0n) is 10.3. The molecular weight excluding hydrogens is 330 g/mol. The van der Waals surface area contributed by atoms with Crippen LogP contribution in [0.1, 0.15) is 5.56 Å². The number of aromatic hydroxyl groups is 1. The maximum atomic E-state index is 9.89. The number of hydrogen-bond donors (Lipinski definition) is 2. The van der Waals surface area contributed by atoms with E-state index in [1.54, 1.807) is 19.2 Å². The van der Waals surface area contributed by atoms with E-state index >= 15 is 0 Å². The van der Waals surface area contributed by atoms with Gasteiger partial charge < -0.3 is 15.2 Å². The van der Waals surface area contributed by atoms with Crippen LogP contribution in [-0.2, 0) is 6.54 Å². The molecule has 0 radical (unpaired) electrons. The number of ether oxygens (including phenoxy) is 1. The first kappa shape index (κ1) is 14.0. The molecule has 0 heterocycles. The van der Waals surface area contributed by atoms with Gasteiger partial charge >= 0.3 is 0 Å². The van der Waals surface area contributed by atoms with Crippen LogP contribution in [0.2, 0.25) is 5.02 Å². The first-order chi connectivity index (χ1) is 9.11. The predicted octanol–water partition coefficient (Wildman–Crippen LogP) is 4.43. The molecule has 0 bridgehead atoms. The molecule has 0 fully saturated rings. The van der Waals surface area contributed by atoms with Gasteiger partial charge in [0.05, 0.1) is 16.6 Å². The van der Waals surface area contributed by atoms with Crippen LogP contribution < -0.4 is 10.1 Å². The fraction of sp³-hybridized carbons (Fsp3) is 0.143. The molecule has 0 atom stereocenters. The number of phenolic OH excluding ortho intramolecular Hbond substituents is 1. The molecule has 2 N–H and O–H groups in total. The van der Waals surface area contributed by atoms with Crippen LogP contribution in [-0.4, -0.2) is 12.2 Å². The number of anilines is 1. The van der Waals surface area contributed by atoms with Gasteiger partial charge in [0, 0.05) is 23.9 Å². The second kappa shape index (κ2) is 6.17. The summed E-state index contributed by atoms with van der Waals surface area (Å²) >= 11 is 9.25. The minimum atomic E-state index is 0.246. The van der Waals surface area contributed by atoms with Crippen molar-refractivity contribution < 1.29 is 9.84 Å². The molecule has 3 nitrogen and oxygen atoms in total. The highest BCUT2D eigenvalue weighted by Crippen LogP contribution is 2.30. The molecule has 0 unspecified atom stereocenters. The topological polar surface area (TPSA) is 41.5 Å². The third-order valence-corrected chi connectivity index (χ3v) is 3.66. The average Bonchev–Trinajstić information content (AvgIpc) is 2.42. The van der Waals surface area contributed by atoms with Gasteiger partial charge in [0.1, 0.15) is 11.5 Å². The Balaban J connectivity index is 2.12. The lowest BCUT2D eigenvalue weighted by Gasteiger charge is -2.11. The smallest absolute Gasteiger partial charge is 0.139 e. The Morgan fingerprint density at radius 2 is 2.11 bits per heavy atom. The lowest BCUT2D eigenvalue weighted by atomic mass is 10.2. The highest BCUT2D eigenvalue weighted by atomic mass is 79.9. The maximum Gasteiger partial charge on any atom is 0.139 e. The summed E-state index contributed by atoms with van der Waals surface area (Å²) in [4.78, 5) is 0. The maximum absolute atomic E-state index is 9.89. The molecule has 0 aromatic heterocycles. The Morgan fingerprint density at radius 3 is 2.84 bits per heavy atom. The third kappa shape index (κ3) is 3.33. The van der Waals surface area contributed by atoms with Crippen LogP contribution in [0.3, 0.4) is 0 Å². The number of halogens is 2. The van der Waals surface area contributed by atoms with E-state index in [-0.39, 0.29) is 5.75 Å². The number of benzene rings is 2. The first-order valence-corrected chi connectivity index (χ1v) is 6.82. The molecule has 2 rings (SSSR count). The van der Waals surface area contributed by atoms with Crippen molar-refractivity contribution in [3.63, 3.8) is 0 Å². The number of phenols is 1. The van der Waals surface area contributed by atoms with E-state index in [4.69, 9.17) is 16.3 Å². The van der Waals surface area contributed by atoms with Gasteiger partial charge in [-0.25, -0.2) is 0 Å². The van der Waals surface area contributed by atoms with E-state index in [1.165, 1.54) is 0 Å². The lowest BCUT2D eigenvalue weighted by molar-refractivity contribution is 0.415. The lowest BCUT2D eigenvalue weighted by Crippen LogP contribution is -2.00. The second-order valence-electron chi connectivity index (χ2n) is 3.95. The van der Waals surface area contributed by atoms with E-state index in [0.29, 0.717) is 21.8 Å². The largest absolute Gasteiger partial charge is 0.506 e. The molecular formula is C14H13BrClNO2. The van der Waals surface area contributed by atoms with Gasteiger partial charge in [-0.3, -0.25) is 0 Å². The van der Waals surface area contributed by atoms with E-state index in [2.05, 4.69) is 21.2 Å². The van der Waals surface area contributed by atoms with Crippen LogP contribution >= 0.6 is 27.5 Å². The monoisotopic (exact) mass is 341 g/mol. The minimum absolute atomic E-state index is 0.246. The van der Waals surface area contributed by atoms with Gasteiger partial charge in [-0.2, -0.15) is 0 Å². The molecule has 0 spiro atoms. The second-order valence-corrected chi connectivity index (χ2v) is 5.21. The first-order valence-electron chi connectivity index (χ1n) is 5.65. The summed E-state index contributed by atoms with van der Waals surface area (Å²) in [7, 11) is 1.57. The Hall–Kier alpha value is -1.39. The van der Waals surface area contributed by atoms with Crippen LogP contribution in [0, 0.1) is 0 Å². The van der Waals surface area contributed by atoms with Crippen molar-refractivity contribution >= 4 is 33.2 Å². The standard InChI is InChI=1S/C14H13BrClNO2/c1-19-13-7-10(5-6-12(13)16)17-8-9-3-2-4-11(15)14(9)18/h2-7,17-18H,8H2,1H3. The van der Waals surface area contributed by atoms with Crippen LogP contribution in [0.5, 0.6) is 11.5 Å². The highest BCUT2D eigenvalue weighted by Gasteiger charge is 2.06. The SMILES string of the molecule is COc1cc(NCc2cccc(Br)c2O)ccc1Cl. The molecule has 100 valence electrons. The Labute approximate surface area is 125 Å². The van der Waals surface area contributed by atoms with E-state index in [9.17, 15) is 5.11 Å². The molecule has 5 heteroatoms. The van der Waals surface area contributed by atoms with Crippen molar-refractivity contribution in [3.8, 4) is 11.5 Å². The Morgan fingerprint density at radius 1 is 1.32 bits per heavy atom. The summed E-state index contributed by atoms with van der Waals surface area (Å²) in [6.45, 7) is 0.510. The normalized spacial score (nSPS) is 10.3. The zero-order chi connectivity index (χ0) is 13.8. The summed E-state index contributed by atoms with van der Waals surface area (Å²) in [6, 6.07) is 11.0. The minimum Gasteiger partial charge on any atom is -0.506 e.